The summed E-state index contributed by atoms with van der Waals surface area (Å²) in [5.41, 5.74) is 1.94. The average Bonchev–Trinajstić information content (AvgIpc) is 2.47. The molecule has 2 rings (SSSR count). The molecule has 3 atom stereocenters. The van der Waals surface area contributed by atoms with Crippen molar-refractivity contribution in [3.8, 4) is 0 Å². The van der Waals surface area contributed by atoms with Crippen LogP contribution < -0.4 is 5.32 Å². The molecule has 0 aliphatic rings. The summed E-state index contributed by atoms with van der Waals surface area (Å²) in [4.78, 5) is 0. The van der Waals surface area contributed by atoms with Gasteiger partial charge in [0.2, 0.25) is 0 Å². The highest BCUT2D eigenvalue weighted by Crippen LogP contribution is 2.32. The van der Waals surface area contributed by atoms with Crippen molar-refractivity contribution >= 4 is 15.4 Å². The first kappa shape index (κ1) is 16.6. The Morgan fingerprint density at radius 2 is 1.45 bits per heavy atom. The van der Waals surface area contributed by atoms with Gasteiger partial charge < -0.3 is 5.32 Å². The highest BCUT2D eigenvalue weighted by atomic mass is 32.2. The van der Waals surface area contributed by atoms with E-state index in [-0.39, 0.29) is 17.2 Å². The summed E-state index contributed by atoms with van der Waals surface area (Å²) < 4.78 is 20.9. The second-order valence-electron chi connectivity index (χ2n) is 6.02. The van der Waals surface area contributed by atoms with E-state index in [2.05, 4.69) is 19.2 Å². The summed E-state index contributed by atoms with van der Waals surface area (Å²) in [5.74, 6) is 0.247. The van der Waals surface area contributed by atoms with Crippen LogP contribution in [-0.2, 0) is 9.73 Å². The van der Waals surface area contributed by atoms with Crippen molar-refractivity contribution in [1.82, 2.24) is 0 Å². The fraction of sp³-hybridized carbons (Fsp3) is 0.333. The van der Waals surface area contributed by atoms with Crippen LogP contribution in [0.2, 0.25) is 0 Å². The van der Waals surface area contributed by atoms with E-state index in [9.17, 15) is 4.21 Å². The molecule has 0 unspecified atom stereocenters. The monoisotopic (exact) mass is 316 g/mol. The van der Waals surface area contributed by atoms with E-state index < -0.39 is 9.73 Å². The van der Waals surface area contributed by atoms with E-state index in [1.54, 1.807) is 0 Å². The van der Waals surface area contributed by atoms with Crippen LogP contribution in [0.4, 0.5) is 5.69 Å². The number of para-hydroxylation sites is 1. The summed E-state index contributed by atoms with van der Waals surface area (Å²) in [5, 5.41) is 3.13. The second kappa shape index (κ2) is 6.97. The zero-order chi connectivity index (χ0) is 16.2. The maximum absolute atomic E-state index is 12.7. The lowest BCUT2D eigenvalue weighted by molar-refractivity contribution is 0.503. The smallest absolute Gasteiger partial charge is 0.0877 e. The lowest BCUT2D eigenvalue weighted by atomic mass is 9.95. The third-order valence-electron chi connectivity index (χ3n) is 3.76. The van der Waals surface area contributed by atoms with E-state index in [4.69, 9.17) is 4.78 Å². The van der Waals surface area contributed by atoms with Gasteiger partial charge in [-0.2, -0.15) is 0 Å². The van der Waals surface area contributed by atoms with Crippen molar-refractivity contribution < 1.29 is 4.21 Å². The first-order chi connectivity index (χ1) is 10.4. The molecule has 0 aliphatic heterocycles. The summed E-state index contributed by atoms with van der Waals surface area (Å²) in [6.45, 7) is 4.20. The molecular weight excluding hydrogens is 292 g/mol. The molecule has 0 spiro atoms. The van der Waals surface area contributed by atoms with Crippen LogP contribution in [0.25, 0.3) is 0 Å². The Bertz CT molecular complexity index is 682. The Kier molecular flexibility index (Phi) is 5.24. The van der Waals surface area contributed by atoms with E-state index in [0.717, 1.165) is 11.3 Å². The minimum atomic E-state index is -2.74. The summed E-state index contributed by atoms with van der Waals surface area (Å²) in [7, 11) is -2.74. The number of nitrogens with one attached hydrogen (secondary N) is 2. The van der Waals surface area contributed by atoms with Crippen molar-refractivity contribution in [3.63, 3.8) is 0 Å². The Hall–Kier alpha value is -1.81. The zero-order valence-corrected chi connectivity index (χ0v) is 14.1. The van der Waals surface area contributed by atoms with Crippen LogP contribution in [0.15, 0.2) is 60.7 Å². The molecule has 0 aromatic heterocycles. The average molecular weight is 316 g/mol. The van der Waals surface area contributed by atoms with Crippen molar-refractivity contribution in [2.24, 2.45) is 5.92 Å². The molecule has 0 aliphatic carbocycles. The molecule has 0 heterocycles. The number of benzene rings is 2. The van der Waals surface area contributed by atoms with Crippen LogP contribution in [0.5, 0.6) is 0 Å². The van der Waals surface area contributed by atoms with Gasteiger partial charge in [-0.05, 0) is 23.6 Å². The third kappa shape index (κ3) is 4.10. The van der Waals surface area contributed by atoms with Crippen LogP contribution in [-0.4, -0.2) is 16.5 Å². The molecule has 22 heavy (non-hydrogen) atoms. The minimum absolute atomic E-state index is 0.0696. The van der Waals surface area contributed by atoms with Gasteiger partial charge in [-0.3, -0.25) is 4.78 Å². The van der Waals surface area contributed by atoms with Gasteiger partial charge in [0, 0.05) is 18.0 Å². The highest BCUT2D eigenvalue weighted by Gasteiger charge is 2.31. The molecule has 0 saturated heterocycles. The molecule has 4 heteroatoms. The predicted octanol–water partition coefficient (Wildman–Crippen LogP) is 4.54. The van der Waals surface area contributed by atoms with Crippen molar-refractivity contribution in [2.45, 2.75) is 25.1 Å². The number of hydrogen-bond donors (Lipinski definition) is 2. The Balaban J connectivity index is 2.42. The molecule has 2 aromatic rings. The van der Waals surface area contributed by atoms with Crippen molar-refractivity contribution in [2.75, 3.05) is 11.6 Å². The molecule has 2 aromatic carbocycles. The standard InChI is InChI=1S/C18H24N2OS/c1-14(2)17(20-16-12-8-5-9-13-16)18(22(3,19)21)15-10-6-4-7-11-15/h4-14,17-20H,1-3H3/t17-,18+,22+/m0/s1. The van der Waals surface area contributed by atoms with E-state index in [1.807, 2.05) is 60.7 Å². The number of hydrogen-bond acceptors (Lipinski definition) is 3. The number of anilines is 1. The molecule has 0 amide bonds. The zero-order valence-electron chi connectivity index (χ0n) is 13.3. The quantitative estimate of drug-likeness (QED) is 0.822. The first-order valence-corrected chi connectivity index (χ1v) is 9.51. The van der Waals surface area contributed by atoms with E-state index in [1.165, 1.54) is 6.26 Å². The molecule has 0 bridgehead atoms. The summed E-state index contributed by atoms with van der Waals surface area (Å²) in [6, 6.07) is 19.6. The molecule has 118 valence electrons. The lowest BCUT2D eigenvalue weighted by Gasteiger charge is -2.32. The fourth-order valence-electron chi connectivity index (χ4n) is 2.71. The fourth-order valence-corrected chi connectivity index (χ4v) is 4.33. The predicted molar refractivity (Wildman–Crippen MR) is 94.7 cm³/mol. The van der Waals surface area contributed by atoms with Gasteiger partial charge in [0.1, 0.15) is 0 Å². The van der Waals surface area contributed by atoms with Gasteiger partial charge in [-0.15, -0.1) is 0 Å². The van der Waals surface area contributed by atoms with Gasteiger partial charge in [0.15, 0.2) is 0 Å². The maximum Gasteiger partial charge on any atom is 0.0877 e. The molecule has 0 radical (unpaired) electrons. The van der Waals surface area contributed by atoms with Crippen LogP contribution in [0, 0.1) is 10.7 Å². The molecule has 0 saturated carbocycles. The SMILES string of the molecule is CC(C)[C@H](Nc1ccccc1)[C@@H](c1ccccc1)[S@](C)(=N)=O. The van der Waals surface area contributed by atoms with Crippen LogP contribution in [0.1, 0.15) is 24.7 Å². The highest BCUT2D eigenvalue weighted by molar-refractivity contribution is 7.92. The summed E-state index contributed by atoms with van der Waals surface area (Å²) in [6.07, 6.45) is 1.53. The molecular formula is C18H24N2OS. The van der Waals surface area contributed by atoms with Gasteiger partial charge in [-0.1, -0.05) is 62.4 Å². The van der Waals surface area contributed by atoms with Gasteiger partial charge in [-0.25, -0.2) is 4.21 Å². The topological polar surface area (TPSA) is 53.0 Å². The normalized spacial score (nSPS) is 16.7. The minimum Gasteiger partial charge on any atom is -0.380 e. The number of rotatable bonds is 6. The van der Waals surface area contributed by atoms with Gasteiger partial charge >= 0.3 is 0 Å². The van der Waals surface area contributed by atoms with E-state index in [0.29, 0.717) is 0 Å². The van der Waals surface area contributed by atoms with E-state index >= 15 is 0 Å². The van der Waals surface area contributed by atoms with Crippen molar-refractivity contribution in [3.05, 3.63) is 66.2 Å². The maximum atomic E-state index is 12.7. The Morgan fingerprint density at radius 1 is 0.955 bits per heavy atom. The van der Waals surface area contributed by atoms with Gasteiger partial charge in [0.05, 0.1) is 15.0 Å². The van der Waals surface area contributed by atoms with Crippen LogP contribution in [0.3, 0.4) is 0 Å². The van der Waals surface area contributed by atoms with Crippen molar-refractivity contribution in [1.29, 1.82) is 4.78 Å². The second-order valence-corrected chi connectivity index (χ2v) is 8.33. The van der Waals surface area contributed by atoms with Gasteiger partial charge in [0.25, 0.3) is 0 Å². The summed E-state index contributed by atoms with van der Waals surface area (Å²) >= 11 is 0. The Labute approximate surface area is 133 Å². The Morgan fingerprint density at radius 3 is 1.91 bits per heavy atom. The molecule has 0 fully saturated rings. The largest absolute Gasteiger partial charge is 0.380 e. The third-order valence-corrected chi connectivity index (χ3v) is 5.30. The van der Waals surface area contributed by atoms with Crippen LogP contribution >= 0.6 is 0 Å². The molecule has 3 nitrogen and oxygen atoms in total. The lowest BCUT2D eigenvalue weighted by Crippen LogP contribution is -2.36. The molecule has 2 N–H and O–H groups in total. The first-order valence-electron chi connectivity index (χ1n) is 7.48.